The number of benzene rings is 2. The van der Waals surface area contributed by atoms with Crippen molar-refractivity contribution in [1.82, 2.24) is 0 Å². The topological polar surface area (TPSA) is 35.5 Å². The fraction of sp³-hybridized carbons (Fsp3) is 0.542. The van der Waals surface area contributed by atoms with E-state index in [2.05, 4.69) is 32.9 Å². The van der Waals surface area contributed by atoms with Crippen LogP contribution in [0.2, 0.25) is 0 Å². The number of rotatable bonds is 5. The summed E-state index contributed by atoms with van der Waals surface area (Å²) in [5.41, 5.74) is -0.273. The summed E-state index contributed by atoms with van der Waals surface area (Å²) in [6, 6.07) is 14.2. The molecule has 0 aromatic heterocycles. The molecular formula is C24H32O3. The lowest BCUT2D eigenvalue weighted by Gasteiger charge is -2.38. The lowest BCUT2D eigenvalue weighted by molar-refractivity contribution is -0.180. The third-order valence-electron chi connectivity index (χ3n) is 6.32. The lowest BCUT2D eigenvalue weighted by Crippen LogP contribution is -2.43. The van der Waals surface area contributed by atoms with Gasteiger partial charge in [0.05, 0.1) is 0 Å². The molecule has 0 saturated heterocycles. The second kappa shape index (κ2) is 8.02. The molecule has 3 nitrogen and oxygen atoms in total. The molecule has 0 N–H and O–H groups in total. The fourth-order valence-electron chi connectivity index (χ4n) is 4.31. The van der Waals surface area contributed by atoms with Crippen molar-refractivity contribution in [2.75, 3.05) is 7.11 Å². The van der Waals surface area contributed by atoms with Gasteiger partial charge in [0.25, 0.3) is 0 Å². The highest BCUT2D eigenvalue weighted by molar-refractivity contribution is 5.87. The van der Waals surface area contributed by atoms with E-state index in [1.54, 1.807) is 7.11 Å². The van der Waals surface area contributed by atoms with E-state index in [0.717, 1.165) is 29.2 Å². The summed E-state index contributed by atoms with van der Waals surface area (Å²) in [7, 11) is 1.58. The van der Waals surface area contributed by atoms with E-state index in [9.17, 15) is 4.79 Å². The normalized spacial score (nSPS) is 25.3. The Morgan fingerprint density at radius 3 is 2.48 bits per heavy atom. The van der Waals surface area contributed by atoms with Gasteiger partial charge in [-0.25, -0.2) is 4.79 Å². The Bertz CT molecular complexity index is 797. The number of esters is 1. The van der Waals surface area contributed by atoms with Crippen LogP contribution in [0.25, 0.3) is 10.8 Å². The minimum Gasteiger partial charge on any atom is -0.460 e. The van der Waals surface area contributed by atoms with Crippen molar-refractivity contribution in [2.24, 2.45) is 17.8 Å². The van der Waals surface area contributed by atoms with Gasteiger partial charge in [-0.1, -0.05) is 63.6 Å². The second-order valence-corrected chi connectivity index (χ2v) is 8.57. The summed E-state index contributed by atoms with van der Waals surface area (Å²) in [5.74, 6) is 1.23. The zero-order chi connectivity index (χ0) is 19.6. The van der Waals surface area contributed by atoms with E-state index in [1.807, 2.05) is 37.3 Å². The number of methoxy groups -OCH3 is 1. The molecule has 0 spiro atoms. The van der Waals surface area contributed by atoms with Crippen molar-refractivity contribution in [3.8, 4) is 0 Å². The molecule has 0 unspecified atom stereocenters. The number of ether oxygens (including phenoxy) is 2. The van der Waals surface area contributed by atoms with Crippen molar-refractivity contribution in [3.63, 3.8) is 0 Å². The molecule has 1 saturated carbocycles. The maximum absolute atomic E-state index is 13.2. The van der Waals surface area contributed by atoms with Crippen LogP contribution in [0.4, 0.5) is 0 Å². The molecule has 2 aromatic carbocycles. The maximum Gasteiger partial charge on any atom is 0.343 e. The van der Waals surface area contributed by atoms with Gasteiger partial charge in [-0.2, -0.15) is 0 Å². The van der Waals surface area contributed by atoms with Crippen molar-refractivity contribution in [1.29, 1.82) is 0 Å². The summed E-state index contributed by atoms with van der Waals surface area (Å²) in [5, 5.41) is 2.24. The third kappa shape index (κ3) is 4.03. The van der Waals surface area contributed by atoms with E-state index in [4.69, 9.17) is 9.47 Å². The Morgan fingerprint density at radius 2 is 1.81 bits per heavy atom. The molecule has 1 fully saturated rings. The maximum atomic E-state index is 13.2. The van der Waals surface area contributed by atoms with Crippen molar-refractivity contribution < 1.29 is 14.3 Å². The number of fused-ring (bicyclic) bond motifs is 1. The molecule has 2 aromatic rings. The summed E-state index contributed by atoms with van der Waals surface area (Å²) < 4.78 is 11.8. The predicted octanol–water partition coefficient (Wildman–Crippen LogP) is 5.71. The van der Waals surface area contributed by atoms with Crippen molar-refractivity contribution >= 4 is 16.7 Å². The molecule has 3 heteroatoms. The predicted molar refractivity (Wildman–Crippen MR) is 110 cm³/mol. The van der Waals surface area contributed by atoms with Crippen LogP contribution in [0.5, 0.6) is 0 Å². The van der Waals surface area contributed by atoms with Gasteiger partial charge in [0.1, 0.15) is 6.10 Å². The van der Waals surface area contributed by atoms with Gasteiger partial charge in [-0.3, -0.25) is 0 Å². The van der Waals surface area contributed by atoms with Crippen LogP contribution in [0.3, 0.4) is 0 Å². The summed E-state index contributed by atoms with van der Waals surface area (Å²) in [6.45, 7) is 8.51. The average molecular weight is 369 g/mol. The highest BCUT2D eigenvalue weighted by atomic mass is 16.6. The molecule has 4 atom stereocenters. The monoisotopic (exact) mass is 368 g/mol. The molecule has 0 heterocycles. The quantitative estimate of drug-likeness (QED) is 0.635. The van der Waals surface area contributed by atoms with Gasteiger partial charge < -0.3 is 9.47 Å². The zero-order valence-corrected chi connectivity index (χ0v) is 17.2. The largest absolute Gasteiger partial charge is 0.460 e. The lowest BCUT2D eigenvalue weighted by atomic mass is 9.75. The van der Waals surface area contributed by atoms with Crippen LogP contribution in [0, 0.1) is 17.8 Å². The Balaban J connectivity index is 1.86. The standard InChI is InChI=1S/C24H32O3/c1-16(2)21-13-10-17(3)14-22(21)27-23(25)24(4,26-5)20-12-11-18-8-6-7-9-19(18)15-20/h6-9,11-12,15-17,21-22H,10,13-14H2,1-5H3/t17-,21+,22-,24+/m1/s1. The number of carbonyl (C=O) groups is 1. The van der Waals surface area contributed by atoms with Crippen LogP contribution in [-0.2, 0) is 19.9 Å². The number of carbonyl (C=O) groups excluding carboxylic acids is 1. The van der Waals surface area contributed by atoms with E-state index in [1.165, 1.54) is 6.42 Å². The summed E-state index contributed by atoms with van der Waals surface area (Å²) >= 11 is 0. The molecule has 146 valence electrons. The van der Waals surface area contributed by atoms with Gasteiger partial charge in [0, 0.05) is 7.11 Å². The van der Waals surface area contributed by atoms with Gasteiger partial charge in [0.2, 0.25) is 0 Å². The molecule has 1 aliphatic carbocycles. The first-order chi connectivity index (χ1) is 12.8. The Kier molecular flexibility index (Phi) is 5.90. The first-order valence-corrected chi connectivity index (χ1v) is 10.1. The van der Waals surface area contributed by atoms with Crippen LogP contribution < -0.4 is 0 Å². The molecule has 3 rings (SSSR count). The number of hydrogen-bond donors (Lipinski definition) is 0. The Morgan fingerprint density at radius 1 is 1.11 bits per heavy atom. The average Bonchev–Trinajstić information content (AvgIpc) is 2.66. The minimum atomic E-state index is -1.10. The van der Waals surface area contributed by atoms with Crippen molar-refractivity contribution in [3.05, 3.63) is 48.0 Å². The third-order valence-corrected chi connectivity index (χ3v) is 6.32. The summed E-state index contributed by atoms with van der Waals surface area (Å²) in [6.07, 6.45) is 3.24. The SMILES string of the molecule is CO[C@](C)(C(=O)O[C@@H]1C[C@H](C)CC[C@H]1C(C)C)c1ccc2ccccc2c1. The van der Waals surface area contributed by atoms with Crippen LogP contribution in [-0.4, -0.2) is 19.2 Å². The molecule has 1 aliphatic rings. The molecule has 27 heavy (non-hydrogen) atoms. The first-order valence-electron chi connectivity index (χ1n) is 10.1. The Hall–Kier alpha value is -1.87. The first kappa shape index (κ1) is 19.9. The van der Waals surface area contributed by atoms with Gasteiger partial charge in [0.15, 0.2) is 5.60 Å². The highest BCUT2D eigenvalue weighted by Crippen LogP contribution is 2.37. The molecular weight excluding hydrogens is 336 g/mol. The minimum absolute atomic E-state index is 0.0313. The summed E-state index contributed by atoms with van der Waals surface area (Å²) in [4.78, 5) is 13.2. The van der Waals surface area contributed by atoms with Gasteiger partial charge in [-0.05, 0) is 59.9 Å². The van der Waals surface area contributed by atoms with Crippen LogP contribution in [0.15, 0.2) is 42.5 Å². The second-order valence-electron chi connectivity index (χ2n) is 8.57. The van der Waals surface area contributed by atoms with Gasteiger partial charge >= 0.3 is 5.97 Å². The number of hydrogen-bond acceptors (Lipinski definition) is 3. The van der Waals surface area contributed by atoms with E-state index >= 15 is 0 Å². The molecule has 0 radical (unpaired) electrons. The van der Waals surface area contributed by atoms with Gasteiger partial charge in [-0.15, -0.1) is 0 Å². The fourth-order valence-corrected chi connectivity index (χ4v) is 4.31. The molecule has 0 aliphatic heterocycles. The molecule has 0 bridgehead atoms. The highest BCUT2D eigenvalue weighted by Gasteiger charge is 2.41. The van der Waals surface area contributed by atoms with Crippen LogP contribution in [0.1, 0.15) is 52.5 Å². The molecule has 0 amide bonds. The van der Waals surface area contributed by atoms with Crippen molar-refractivity contribution in [2.45, 2.75) is 58.7 Å². The smallest absolute Gasteiger partial charge is 0.343 e. The van der Waals surface area contributed by atoms with Crippen LogP contribution >= 0.6 is 0 Å². The van der Waals surface area contributed by atoms with E-state index in [0.29, 0.717) is 17.8 Å². The Labute approximate surface area is 163 Å². The van der Waals surface area contributed by atoms with E-state index < -0.39 is 5.60 Å². The zero-order valence-electron chi connectivity index (χ0n) is 17.2. The van der Waals surface area contributed by atoms with E-state index in [-0.39, 0.29) is 12.1 Å².